The van der Waals surface area contributed by atoms with E-state index >= 15 is 0 Å². The van der Waals surface area contributed by atoms with E-state index in [-0.39, 0.29) is 11.9 Å². The van der Waals surface area contributed by atoms with Gasteiger partial charge in [0.15, 0.2) is 0 Å². The Labute approximate surface area is 107 Å². The second-order valence-corrected chi connectivity index (χ2v) is 4.46. The van der Waals surface area contributed by atoms with Crippen molar-refractivity contribution in [3.63, 3.8) is 0 Å². The summed E-state index contributed by atoms with van der Waals surface area (Å²) in [4.78, 5) is 0. The molecule has 6 nitrogen and oxygen atoms in total. The summed E-state index contributed by atoms with van der Waals surface area (Å²) in [5.74, 6) is 1.15. The minimum Gasteiger partial charge on any atom is -0.409 e. The molecule has 0 aliphatic carbocycles. The van der Waals surface area contributed by atoms with Crippen molar-refractivity contribution in [2.45, 2.75) is 46.1 Å². The Morgan fingerprint density at radius 3 is 2.78 bits per heavy atom. The average molecular weight is 254 g/mol. The molecule has 0 aliphatic heterocycles. The van der Waals surface area contributed by atoms with E-state index in [4.69, 9.17) is 15.5 Å². The van der Waals surface area contributed by atoms with Gasteiger partial charge in [-0.25, -0.2) is 0 Å². The molecular weight excluding hydrogens is 232 g/mol. The van der Waals surface area contributed by atoms with E-state index in [9.17, 15) is 0 Å². The number of nitrogens with zero attached hydrogens (tertiary/aromatic N) is 2. The Hall–Kier alpha value is -1.56. The third kappa shape index (κ3) is 4.03. The van der Waals surface area contributed by atoms with Crippen molar-refractivity contribution in [1.29, 1.82) is 0 Å². The van der Waals surface area contributed by atoms with E-state index in [0.29, 0.717) is 6.42 Å². The lowest BCUT2D eigenvalue weighted by Crippen LogP contribution is -2.21. The van der Waals surface area contributed by atoms with E-state index in [0.717, 1.165) is 36.4 Å². The Morgan fingerprint density at radius 1 is 1.50 bits per heavy atom. The number of rotatable bonds is 7. The maximum Gasteiger partial charge on any atom is 0.139 e. The van der Waals surface area contributed by atoms with Gasteiger partial charge in [-0.3, -0.25) is 0 Å². The number of aromatic nitrogens is 1. The van der Waals surface area contributed by atoms with Gasteiger partial charge in [0.2, 0.25) is 0 Å². The van der Waals surface area contributed by atoms with Crippen LogP contribution in [0.5, 0.6) is 0 Å². The van der Waals surface area contributed by atoms with Crippen LogP contribution in [0.1, 0.15) is 49.2 Å². The monoisotopic (exact) mass is 254 g/mol. The van der Waals surface area contributed by atoms with Gasteiger partial charge in [0.1, 0.15) is 11.6 Å². The van der Waals surface area contributed by atoms with Crippen LogP contribution < -0.4 is 11.1 Å². The molecule has 1 heterocycles. The van der Waals surface area contributed by atoms with Crippen molar-refractivity contribution in [2.75, 3.05) is 6.54 Å². The number of amidine groups is 1. The highest BCUT2D eigenvalue weighted by molar-refractivity contribution is 5.79. The zero-order valence-electron chi connectivity index (χ0n) is 11.2. The van der Waals surface area contributed by atoms with Crippen LogP contribution in [0.4, 0.5) is 0 Å². The van der Waals surface area contributed by atoms with Crippen LogP contribution >= 0.6 is 0 Å². The van der Waals surface area contributed by atoms with E-state index in [1.54, 1.807) is 0 Å². The largest absolute Gasteiger partial charge is 0.409 e. The van der Waals surface area contributed by atoms with Crippen molar-refractivity contribution in [2.24, 2.45) is 10.9 Å². The molecule has 0 saturated heterocycles. The van der Waals surface area contributed by atoms with E-state index in [2.05, 4.69) is 22.6 Å². The zero-order valence-corrected chi connectivity index (χ0v) is 11.2. The van der Waals surface area contributed by atoms with Crippen LogP contribution in [0.3, 0.4) is 0 Å². The Bertz CT molecular complexity index is 381. The molecule has 0 saturated carbocycles. The molecule has 6 heteroatoms. The molecule has 4 N–H and O–H groups in total. The maximum absolute atomic E-state index is 8.40. The molecule has 0 fully saturated rings. The van der Waals surface area contributed by atoms with Crippen LogP contribution in [0, 0.1) is 13.8 Å². The zero-order chi connectivity index (χ0) is 13.5. The van der Waals surface area contributed by atoms with Gasteiger partial charge in [0.25, 0.3) is 0 Å². The van der Waals surface area contributed by atoms with Gasteiger partial charge in [0, 0.05) is 18.0 Å². The van der Waals surface area contributed by atoms with Crippen LogP contribution in [-0.2, 0) is 0 Å². The molecule has 0 spiro atoms. The summed E-state index contributed by atoms with van der Waals surface area (Å²) in [6.45, 7) is 6.84. The molecule has 0 amide bonds. The average Bonchev–Trinajstić information content (AvgIpc) is 2.68. The molecule has 0 aliphatic rings. The molecule has 0 aromatic carbocycles. The van der Waals surface area contributed by atoms with Crippen molar-refractivity contribution in [1.82, 2.24) is 10.5 Å². The Balaban J connectivity index is 2.28. The second kappa shape index (κ2) is 7.00. The number of hydrogen-bond donors (Lipinski definition) is 3. The molecule has 1 aromatic heterocycles. The normalized spacial score (nSPS) is 13.8. The fraction of sp³-hybridized carbons (Fsp3) is 0.667. The van der Waals surface area contributed by atoms with Crippen LogP contribution in [0.15, 0.2) is 9.68 Å². The van der Waals surface area contributed by atoms with Crippen molar-refractivity contribution in [3.05, 3.63) is 17.0 Å². The highest BCUT2D eigenvalue weighted by Gasteiger charge is 2.15. The first-order valence-corrected chi connectivity index (χ1v) is 6.18. The van der Waals surface area contributed by atoms with E-state index in [1.807, 2.05) is 13.8 Å². The summed E-state index contributed by atoms with van der Waals surface area (Å²) in [6.07, 6.45) is 2.50. The predicted octanol–water partition coefficient (Wildman–Crippen LogP) is 1.86. The Kier molecular flexibility index (Phi) is 5.64. The molecule has 102 valence electrons. The molecule has 1 unspecified atom stereocenters. The van der Waals surface area contributed by atoms with Gasteiger partial charge < -0.3 is 20.8 Å². The van der Waals surface area contributed by atoms with Crippen molar-refractivity contribution >= 4 is 5.84 Å². The topological polar surface area (TPSA) is 96.7 Å². The highest BCUT2D eigenvalue weighted by atomic mass is 16.5. The van der Waals surface area contributed by atoms with Crippen LogP contribution in [-0.4, -0.2) is 22.7 Å². The number of nitrogens with one attached hydrogen (secondary N) is 1. The maximum atomic E-state index is 8.40. The van der Waals surface area contributed by atoms with Gasteiger partial charge in [-0.2, -0.15) is 0 Å². The fourth-order valence-electron chi connectivity index (χ4n) is 2.01. The Morgan fingerprint density at radius 2 is 2.22 bits per heavy atom. The molecule has 1 atom stereocenters. The number of aryl methyl sites for hydroxylation is 2. The number of nitrogens with two attached hydrogens (primary N) is 1. The first kappa shape index (κ1) is 14.5. The number of hydrogen-bond acceptors (Lipinski definition) is 5. The molecule has 0 radical (unpaired) electrons. The second-order valence-electron chi connectivity index (χ2n) is 4.46. The quantitative estimate of drug-likeness (QED) is 0.227. The highest BCUT2D eigenvalue weighted by Crippen LogP contribution is 2.20. The minimum atomic E-state index is 0.222. The predicted molar refractivity (Wildman–Crippen MR) is 69.7 cm³/mol. The summed E-state index contributed by atoms with van der Waals surface area (Å²) in [5.41, 5.74) is 7.46. The van der Waals surface area contributed by atoms with E-state index in [1.165, 1.54) is 0 Å². The SMILES string of the molecule is Cc1noc(C)c1C(C)NCCCCC(N)=NO. The lowest BCUT2D eigenvalue weighted by atomic mass is 10.1. The standard InChI is InChI=1S/C12H22N4O2/c1-8(12-9(2)16-18-10(12)3)14-7-5-4-6-11(13)15-17/h8,14,17H,4-7H2,1-3H3,(H2,13,15). The summed E-state index contributed by atoms with van der Waals surface area (Å²) in [6, 6.07) is 0.222. The van der Waals surface area contributed by atoms with Gasteiger partial charge in [-0.05, 0) is 40.2 Å². The lowest BCUT2D eigenvalue weighted by Gasteiger charge is -2.13. The number of oxime groups is 1. The van der Waals surface area contributed by atoms with Crippen LogP contribution in [0.25, 0.3) is 0 Å². The minimum absolute atomic E-state index is 0.222. The van der Waals surface area contributed by atoms with Gasteiger partial charge in [-0.15, -0.1) is 0 Å². The molecule has 1 aromatic rings. The van der Waals surface area contributed by atoms with Gasteiger partial charge in [-0.1, -0.05) is 10.3 Å². The summed E-state index contributed by atoms with van der Waals surface area (Å²) >= 11 is 0. The lowest BCUT2D eigenvalue weighted by molar-refractivity contribution is 0.316. The summed E-state index contributed by atoms with van der Waals surface area (Å²) < 4.78 is 5.14. The third-order valence-corrected chi connectivity index (χ3v) is 2.96. The van der Waals surface area contributed by atoms with Gasteiger partial charge >= 0.3 is 0 Å². The number of unbranched alkanes of at least 4 members (excludes halogenated alkanes) is 1. The van der Waals surface area contributed by atoms with Crippen LogP contribution in [0.2, 0.25) is 0 Å². The molecular formula is C12H22N4O2. The smallest absolute Gasteiger partial charge is 0.139 e. The molecule has 0 bridgehead atoms. The molecule has 1 rings (SSSR count). The van der Waals surface area contributed by atoms with Crippen molar-refractivity contribution < 1.29 is 9.73 Å². The first-order valence-electron chi connectivity index (χ1n) is 6.18. The van der Waals surface area contributed by atoms with Gasteiger partial charge in [0.05, 0.1) is 5.69 Å². The summed E-state index contributed by atoms with van der Waals surface area (Å²) in [5, 5.41) is 18.7. The molecule has 18 heavy (non-hydrogen) atoms. The van der Waals surface area contributed by atoms with Crippen molar-refractivity contribution in [3.8, 4) is 0 Å². The fourth-order valence-corrected chi connectivity index (χ4v) is 2.01. The first-order chi connectivity index (χ1) is 8.56. The summed E-state index contributed by atoms with van der Waals surface area (Å²) in [7, 11) is 0. The van der Waals surface area contributed by atoms with E-state index < -0.39 is 0 Å². The third-order valence-electron chi connectivity index (χ3n) is 2.96.